The Bertz CT molecular complexity index is 536. The van der Waals surface area contributed by atoms with Crippen molar-refractivity contribution in [3.63, 3.8) is 0 Å². The topological polar surface area (TPSA) is 39.1 Å². The van der Waals surface area contributed by atoms with Gasteiger partial charge in [-0.1, -0.05) is 19.1 Å². The molecule has 1 N–H and O–H groups in total. The number of hydrogen-bond donors (Lipinski definition) is 1. The maximum absolute atomic E-state index is 5.26. The van der Waals surface area contributed by atoms with E-state index in [-0.39, 0.29) is 6.04 Å². The predicted molar refractivity (Wildman–Crippen MR) is 80.8 cm³/mol. The molecule has 0 bridgehead atoms. The molecule has 2 rings (SSSR count). The highest BCUT2D eigenvalue weighted by molar-refractivity contribution is 5.30. The Morgan fingerprint density at radius 2 is 2.25 bits per heavy atom. The van der Waals surface area contributed by atoms with Gasteiger partial charge in [-0.3, -0.25) is 4.68 Å². The molecule has 4 nitrogen and oxygen atoms in total. The molecule has 0 aliphatic carbocycles. The molecule has 1 aromatic heterocycles. The Balaban J connectivity index is 1.91. The molecule has 0 amide bonds. The van der Waals surface area contributed by atoms with Gasteiger partial charge in [-0.25, -0.2) is 0 Å². The zero-order chi connectivity index (χ0) is 14.4. The first-order chi connectivity index (χ1) is 9.72. The van der Waals surface area contributed by atoms with E-state index in [4.69, 9.17) is 4.74 Å². The maximum atomic E-state index is 5.26. The molecule has 0 aliphatic heterocycles. The fraction of sp³-hybridized carbons (Fsp3) is 0.438. The average Bonchev–Trinajstić information content (AvgIpc) is 2.93. The summed E-state index contributed by atoms with van der Waals surface area (Å²) in [6.45, 7) is 6.11. The highest BCUT2D eigenvalue weighted by Crippen LogP contribution is 2.19. The van der Waals surface area contributed by atoms with E-state index >= 15 is 0 Å². The molecule has 0 spiro atoms. The molecule has 0 fully saturated rings. The third kappa shape index (κ3) is 3.84. The monoisotopic (exact) mass is 273 g/mol. The van der Waals surface area contributed by atoms with Crippen molar-refractivity contribution in [2.24, 2.45) is 0 Å². The lowest BCUT2D eigenvalue weighted by atomic mass is 10.1. The molecule has 0 saturated carbocycles. The van der Waals surface area contributed by atoms with Crippen molar-refractivity contribution in [3.05, 3.63) is 47.8 Å². The molecule has 108 valence electrons. The Morgan fingerprint density at radius 1 is 1.40 bits per heavy atom. The van der Waals surface area contributed by atoms with Crippen LogP contribution < -0.4 is 10.1 Å². The van der Waals surface area contributed by atoms with E-state index in [0.29, 0.717) is 0 Å². The predicted octanol–water partition coefficient (Wildman–Crippen LogP) is 3.15. The molecule has 2 aromatic rings. The molecule has 0 saturated heterocycles. The van der Waals surface area contributed by atoms with Gasteiger partial charge in [0, 0.05) is 30.9 Å². The van der Waals surface area contributed by atoms with Gasteiger partial charge in [-0.05, 0) is 31.0 Å². The summed E-state index contributed by atoms with van der Waals surface area (Å²) in [6, 6.07) is 8.44. The van der Waals surface area contributed by atoms with Gasteiger partial charge in [0.2, 0.25) is 0 Å². The number of aryl methyl sites for hydroxylation is 1. The van der Waals surface area contributed by atoms with Crippen molar-refractivity contribution in [2.75, 3.05) is 7.11 Å². The lowest BCUT2D eigenvalue weighted by Crippen LogP contribution is -2.17. The van der Waals surface area contributed by atoms with Crippen LogP contribution in [-0.2, 0) is 13.1 Å². The number of methoxy groups -OCH3 is 1. The molecular formula is C16H23N3O. The van der Waals surface area contributed by atoms with Crippen molar-refractivity contribution in [3.8, 4) is 5.75 Å². The summed E-state index contributed by atoms with van der Waals surface area (Å²) >= 11 is 0. The molecule has 1 atom stereocenters. The SMILES string of the molecule is CCCn1cc(CN[C@H](C)c2cccc(OC)c2)cn1. The van der Waals surface area contributed by atoms with Gasteiger partial charge in [-0.15, -0.1) is 0 Å². The number of rotatable bonds is 7. The summed E-state index contributed by atoms with van der Waals surface area (Å²) in [5.41, 5.74) is 2.44. The number of ether oxygens (including phenoxy) is 1. The second-order valence-electron chi connectivity index (χ2n) is 4.99. The lowest BCUT2D eigenvalue weighted by Gasteiger charge is -2.14. The number of benzene rings is 1. The van der Waals surface area contributed by atoms with E-state index in [1.165, 1.54) is 11.1 Å². The van der Waals surface area contributed by atoms with Crippen LogP contribution in [0.3, 0.4) is 0 Å². The van der Waals surface area contributed by atoms with Crippen LogP contribution in [0, 0.1) is 0 Å². The Kier molecular flexibility index (Phi) is 5.18. The van der Waals surface area contributed by atoms with Gasteiger partial charge < -0.3 is 10.1 Å². The normalized spacial score (nSPS) is 12.3. The van der Waals surface area contributed by atoms with Crippen LogP contribution in [0.1, 0.15) is 37.4 Å². The van der Waals surface area contributed by atoms with Crippen LogP contribution in [-0.4, -0.2) is 16.9 Å². The van der Waals surface area contributed by atoms with Gasteiger partial charge in [-0.2, -0.15) is 5.10 Å². The van der Waals surface area contributed by atoms with Crippen molar-refractivity contribution in [1.82, 2.24) is 15.1 Å². The van der Waals surface area contributed by atoms with Gasteiger partial charge in [0.25, 0.3) is 0 Å². The van der Waals surface area contributed by atoms with E-state index in [0.717, 1.165) is 25.3 Å². The van der Waals surface area contributed by atoms with Crippen molar-refractivity contribution < 1.29 is 4.74 Å². The first kappa shape index (κ1) is 14.6. The first-order valence-electron chi connectivity index (χ1n) is 7.11. The number of nitrogens with one attached hydrogen (secondary N) is 1. The van der Waals surface area contributed by atoms with E-state index in [1.54, 1.807) is 7.11 Å². The van der Waals surface area contributed by atoms with E-state index in [2.05, 4.69) is 42.6 Å². The minimum Gasteiger partial charge on any atom is -0.497 e. The van der Waals surface area contributed by atoms with Crippen molar-refractivity contribution >= 4 is 0 Å². The molecule has 20 heavy (non-hydrogen) atoms. The van der Waals surface area contributed by atoms with Crippen LogP contribution in [0.5, 0.6) is 5.75 Å². The zero-order valence-electron chi connectivity index (χ0n) is 12.5. The molecular weight excluding hydrogens is 250 g/mol. The minimum atomic E-state index is 0.277. The Morgan fingerprint density at radius 3 is 3.00 bits per heavy atom. The van der Waals surface area contributed by atoms with Gasteiger partial charge in [0.15, 0.2) is 0 Å². The van der Waals surface area contributed by atoms with Crippen LogP contribution >= 0.6 is 0 Å². The van der Waals surface area contributed by atoms with E-state index < -0.39 is 0 Å². The standard InChI is InChI=1S/C16H23N3O/c1-4-8-19-12-14(11-18-19)10-17-13(2)15-6-5-7-16(9-15)20-3/h5-7,9,11-13,17H,4,8,10H2,1-3H3/t13-/m1/s1. The largest absolute Gasteiger partial charge is 0.497 e. The summed E-state index contributed by atoms with van der Waals surface area (Å²) in [4.78, 5) is 0. The van der Waals surface area contributed by atoms with Crippen LogP contribution in [0.15, 0.2) is 36.7 Å². The van der Waals surface area contributed by atoms with Crippen molar-refractivity contribution in [1.29, 1.82) is 0 Å². The smallest absolute Gasteiger partial charge is 0.119 e. The highest BCUT2D eigenvalue weighted by Gasteiger charge is 2.06. The summed E-state index contributed by atoms with van der Waals surface area (Å²) in [5, 5.41) is 7.85. The molecule has 0 unspecified atom stereocenters. The van der Waals surface area contributed by atoms with Crippen LogP contribution in [0.2, 0.25) is 0 Å². The number of nitrogens with zero attached hydrogens (tertiary/aromatic N) is 2. The molecule has 4 heteroatoms. The van der Waals surface area contributed by atoms with Gasteiger partial charge in [0.05, 0.1) is 13.3 Å². The number of hydrogen-bond acceptors (Lipinski definition) is 3. The minimum absolute atomic E-state index is 0.277. The fourth-order valence-electron chi connectivity index (χ4n) is 2.15. The second kappa shape index (κ2) is 7.10. The average molecular weight is 273 g/mol. The van der Waals surface area contributed by atoms with Gasteiger partial charge >= 0.3 is 0 Å². The van der Waals surface area contributed by atoms with Gasteiger partial charge in [0.1, 0.15) is 5.75 Å². The molecule has 1 heterocycles. The Hall–Kier alpha value is -1.81. The summed E-state index contributed by atoms with van der Waals surface area (Å²) < 4.78 is 7.25. The molecule has 0 radical (unpaired) electrons. The number of aromatic nitrogens is 2. The first-order valence-corrected chi connectivity index (χ1v) is 7.11. The maximum Gasteiger partial charge on any atom is 0.119 e. The zero-order valence-corrected chi connectivity index (χ0v) is 12.5. The summed E-state index contributed by atoms with van der Waals surface area (Å²) in [5.74, 6) is 0.895. The lowest BCUT2D eigenvalue weighted by molar-refractivity contribution is 0.413. The van der Waals surface area contributed by atoms with Crippen LogP contribution in [0.4, 0.5) is 0 Å². The van der Waals surface area contributed by atoms with E-state index in [1.807, 2.05) is 23.0 Å². The third-order valence-corrected chi connectivity index (χ3v) is 3.35. The highest BCUT2D eigenvalue weighted by atomic mass is 16.5. The third-order valence-electron chi connectivity index (χ3n) is 3.35. The summed E-state index contributed by atoms with van der Waals surface area (Å²) in [7, 11) is 1.69. The summed E-state index contributed by atoms with van der Waals surface area (Å²) in [6.07, 6.45) is 5.14. The van der Waals surface area contributed by atoms with E-state index in [9.17, 15) is 0 Å². The second-order valence-corrected chi connectivity index (χ2v) is 4.99. The fourth-order valence-corrected chi connectivity index (χ4v) is 2.15. The van der Waals surface area contributed by atoms with Crippen molar-refractivity contribution in [2.45, 2.75) is 39.4 Å². The van der Waals surface area contributed by atoms with Crippen LogP contribution in [0.25, 0.3) is 0 Å². The molecule has 0 aliphatic rings. The molecule has 1 aromatic carbocycles. The quantitative estimate of drug-likeness (QED) is 0.842. The Labute approximate surface area is 120 Å².